The minimum Gasteiger partial charge on any atom is -0.505 e. The number of phenolic OH excluding ortho intramolecular Hbond substituents is 1. The van der Waals surface area contributed by atoms with Gasteiger partial charge in [-0.1, -0.05) is 28.2 Å². The van der Waals surface area contributed by atoms with Crippen molar-refractivity contribution in [2.45, 2.75) is 6.54 Å². The Bertz CT molecular complexity index is 1090. The summed E-state index contributed by atoms with van der Waals surface area (Å²) >= 11 is 12.5. The zero-order valence-electron chi connectivity index (χ0n) is 13.0. The Morgan fingerprint density at radius 3 is 2.69 bits per heavy atom. The number of aromatic hydroxyl groups is 1. The second kappa shape index (κ2) is 6.30. The molecule has 0 radical (unpaired) electrons. The van der Waals surface area contributed by atoms with Crippen LogP contribution >= 0.6 is 23.2 Å². The normalized spacial score (nSPS) is 12.8. The number of benzene rings is 2. The van der Waals surface area contributed by atoms with Crippen LogP contribution in [-0.2, 0) is 6.54 Å². The third kappa shape index (κ3) is 2.53. The molecule has 0 spiro atoms. The van der Waals surface area contributed by atoms with Crippen molar-refractivity contribution in [3.63, 3.8) is 0 Å². The van der Waals surface area contributed by atoms with Gasteiger partial charge in [0.2, 0.25) is 0 Å². The highest BCUT2D eigenvalue weighted by Crippen LogP contribution is 2.34. The minimum absolute atomic E-state index is 0.0381. The zero-order chi connectivity index (χ0) is 18.4. The molecule has 1 aromatic heterocycles. The van der Waals surface area contributed by atoms with Crippen LogP contribution in [0.4, 0.5) is 8.78 Å². The molecule has 1 N–H and O–H groups in total. The standard InChI is InChI=1S/C18H9Cl2F2N3O/c19-9-2-4-11-15(16(9)20)18(14-10(21)3-5-12(26)17(14)22)24-8-13-23-6-1-7-25(11)13/h1-7H,8H2/p+1. The lowest BCUT2D eigenvalue weighted by Gasteiger charge is -2.13. The van der Waals surface area contributed by atoms with Crippen molar-refractivity contribution in [2.24, 2.45) is 4.99 Å². The van der Waals surface area contributed by atoms with Gasteiger partial charge in [0.05, 0.1) is 26.9 Å². The minimum atomic E-state index is -1.12. The molecule has 130 valence electrons. The maximum atomic E-state index is 14.6. The molecule has 0 atom stereocenters. The van der Waals surface area contributed by atoms with Gasteiger partial charge in [0.15, 0.2) is 11.6 Å². The topological polar surface area (TPSA) is 49.4 Å². The molecule has 4 rings (SSSR count). The fraction of sp³-hybridized carbons (Fsp3) is 0.0556. The number of halogens is 4. The SMILES string of the molecule is Oc1ccc(F)c(C2=NCc3nccc[n+]3-c3ccc(Cl)c(Cl)c32)c1F. The van der Waals surface area contributed by atoms with Gasteiger partial charge in [-0.25, -0.2) is 8.78 Å². The number of nitrogens with zero attached hydrogens (tertiary/aromatic N) is 3. The van der Waals surface area contributed by atoms with Crippen molar-refractivity contribution >= 4 is 28.9 Å². The summed E-state index contributed by atoms with van der Waals surface area (Å²) in [5.41, 5.74) is 0.285. The van der Waals surface area contributed by atoms with Crippen molar-refractivity contribution < 1.29 is 18.5 Å². The molecule has 1 aliphatic rings. The van der Waals surface area contributed by atoms with Crippen LogP contribution in [0.5, 0.6) is 5.75 Å². The van der Waals surface area contributed by atoms with Crippen molar-refractivity contribution in [2.75, 3.05) is 0 Å². The molecule has 0 saturated heterocycles. The van der Waals surface area contributed by atoms with E-state index in [0.29, 0.717) is 11.5 Å². The monoisotopic (exact) mass is 392 g/mol. The highest BCUT2D eigenvalue weighted by Gasteiger charge is 2.31. The molecule has 0 unspecified atom stereocenters. The van der Waals surface area contributed by atoms with Crippen LogP contribution < -0.4 is 4.57 Å². The first-order valence-corrected chi connectivity index (χ1v) is 8.30. The Hall–Kier alpha value is -2.57. The van der Waals surface area contributed by atoms with Gasteiger partial charge in [-0.05, 0) is 24.3 Å². The van der Waals surface area contributed by atoms with E-state index in [9.17, 15) is 13.9 Å². The summed E-state index contributed by atoms with van der Waals surface area (Å²) in [6, 6.07) is 6.89. The molecule has 0 aliphatic carbocycles. The highest BCUT2D eigenvalue weighted by atomic mass is 35.5. The zero-order valence-corrected chi connectivity index (χ0v) is 14.6. The highest BCUT2D eigenvalue weighted by molar-refractivity contribution is 6.45. The summed E-state index contributed by atoms with van der Waals surface area (Å²) in [7, 11) is 0. The second-order valence-electron chi connectivity index (χ2n) is 5.58. The molecular weight excluding hydrogens is 383 g/mol. The van der Waals surface area contributed by atoms with Gasteiger partial charge in [0.25, 0.3) is 0 Å². The predicted octanol–water partition coefficient (Wildman–Crippen LogP) is 4.00. The van der Waals surface area contributed by atoms with Crippen LogP contribution in [0.15, 0.2) is 47.7 Å². The van der Waals surface area contributed by atoms with Gasteiger partial charge in [-0.2, -0.15) is 4.57 Å². The quantitative estimate of drug-likeness (QED) is 0.636. The summed E-state index contributed by atoms with van der Waals surface area (Å²) in [4.78, 5) is 8.60. The van der Waals surface area contributed by atoms with E-state index < -0.39 is 22.9 Å². The molecule has 0 amide bonds. The van der Waals surface area contributed by atoms with Crippen molar-refractivity contribution in [1.29, 1.82) is 0 Å². The summed E-state index contributed by atoms with van der Waals surface area (Å²) < 4.78 is 30.8. The maximum absolute atomic E-state index is 14.6. The lowest BCUT2D eigenvalue weighted by molar-refractivity contribution is -0.607. The average Bonchev–Trinajstić information content (AvgIpc) is 2.80. The van der Waals surface area contributed by atoms with E-state index in [-0.39, 0.29) is 27.9 Å². The van der Waals surface area contributed by atoms with Gasteiger partial charge in [0.1, 0.15) is 30.4 Å². The Labute approximate surface area is 157 Å². The van der Waals surface area contributed by atoms with Crippen molar-refractivity contribution in [3.05, 3.63) is 81.4 Å². The van der Waals surface area contributed by atoms with Gasteiger partial charge in [-0.15, -0.1) is 0 Å². The van der Waals surface area contributed by atoms with Gasteiger partial charge in [0, 0.05) is 6.07 Å². The number of hydrogen-bond acceptors (Lipinski definition) is 3. The number of phenols is 1. The summed E-state index contributed by atoms with van der Waals surface area (Å²) in [5, 5.41) is 10.0. The lowest BCUT2D eigenvalue weighted by atomic mass is 9.99. The molecule has 3 aromatic rings. The van der Waals surface area contributed by atoms with Gasteiger partial charge >= 0.3 is 5.82 Å². The molecular formula is C18H10Cl2F2N3O+. The van der Waals surface area contributed by atoms with Crippen LogP contribution in [0.1, 0.15) is 17.0 Å². The fourth-order valence-electron chi connectivity index (χ4n) is 2.90. The summed E-state index contributed by atoms with van der Waals surface area (Å²) in [5.74, 6) is -2.11. The number of aromatic nitrogens is 2. The second-order valence-corrected chi connectivity index (χ2v) is 6.37. The first kappa shape index (κ1) is 16.9. The molecule has 0 fully saturated rings. The number of rotatable bonds is 1. The fourth-order valence-corrected chi connectivity index (χ4v) is 3.30. The van der Waals surface area contributed by atoms with Gasteiger partial charge in [-0.3, -0.25) is 4.99 Å². The van der Waals surface area contributed by atoms with E-state index >= 15 is 0 Å². The number of aliphatic imine (C=N–C) groups is 1. The maximum Gasteiger partial charge on any atom is 0.324 e. The van der Waals surface area contributed by atoms with Crippen molar-refractivity contribution in [3.8, 4) is 11.4 Å². The summed E-state index contributed by atoms with van der Waals surface area (Å²) in [6.45, 7) is 0.0628. The van der Waals surface area contributed by atoms with Crippen molar-refractivity contribution in [1.82, 2.24) is 4.98 Å². The smallest absolute Gasteiger partial charge is 0.324 e. The lowest BCUT2D eigenvalue weighted by Crippen LogP contribution is -2.37. The molecule has 2 aromatic carbocycles. The van der Waals surface area contributed by atoms with Gasteiger partial charge < -0.3 is 5.11 Å². The Morgan fingerprint density at radius 2 is 1.88 bits per heavy atom. The third-order valence-corrected chi connectivity index (χ3v) is 4.88. The molecule has 1 aliphatic heterocycles. The molecule has 2 heterocycles. The van der Waals surface area contributed by atoms with E-state index in [4.69, 9.17) is 23.2 Å². The van der Waals surface area contributed by atoms with E-state index in [1.54, 1.807) is 35.2 Å². The molecule has 4 nitrogen and oxygen atoms in total. The molecule has 26 heavy (non-hydrogen) atoms. The molecule has 0 bridgehead atoms. The van der Waals surface area contributed by atoms with E-state index in [1.165, 1.54) is 0 Å². The average molecular weight is 393 g/mol. The largest absolute Gasteiger partial charge is 0.505 e. The molecule has 0 saturated carbocycles. The first-order valence-electron chi connectivity index (χ1n) is 7.55. The van der Waals surface area contributed by atoms with E-state index in [2.05, 4.69) is 9.98 Å². The van der Waals surface area contributed by atoms with Crippen LogP contribution in [0.25, 0.3) is 5.69 Å². The Kier molecular flexibility index (Phi) is 4.09. The van der Waals surface area contributed by atoms with Crippen LogP contribution in [0.2, 0.25) is 10.0 Å². The Balaban J connectivity index is 2.10. The van der Waals surface area contributed by atoms with Crippen LogP contribution in [0.3, 0.4) is 0 Å². The van der Waals surface area contributed by atoms with Crippen LogP contribution in [-0.4, -0.2) is 15.8 Å². The van der Waals surface area contributed by atoms with E-state index in [1.807, 2.05) is 0 Å². The number of hydrogen-bond donors (Lipinski definition) is 1. The number of fused-ring (bicyclic) bond motifs is 3. The predicted molar refractivity (Wildman–Crippen MR) is 93.2 cm³/mol. The third-order valence-electron chi connectivity index (χ3n) is 4.08. The first-order chi connectivity index (χ1) is 12.5. The Morgan fingerprint density at radius 1 is 1.08 bits per heavy atom. The van der Waals surface area contributed by atoms with Crippen LogP contribution in [0, 0.1) is 11.6 Å². The summed E-state index contributed by atoms with van der Waals surface area (Å²) in [6.07, 6.45) is 3.35. The van der Waals surface area contributed by atoms with E-state index in [0.717, 1.165) is 12.1 Å². The molecule has 8 heteroatoms.